The Morgan fingerprint density at radius 2 is 2.45 bits per heavy atom. The van der Waals surface area contributed by atoms with Crippen LogP contribution in [0.2, 0.25) is 0 Å². The van der Waals surface area contributed by atoms with Crippen LogP contribution >= 0.6 is 11.3 Å². The van der Waals surface area contributed by atoms with Gasteiger partial charge in [0.1, 0.15) is 0 Å². The van der Waals surface area contributed by atoms with E-state index in [0.717, 1.165) is 10.4 Å². The van der Waals surface area contributed by atoms with Crippen LogP contribution in [0.15, 0.2) is 11.4 Å². The minimum Gasteiger partial charge on any atom is -0.359 e. The third-order valence-corrected chi connectivity index (χ3v) is 2.09. The fourth-order valence-corrected chi connectivity index (χ4v) is 1.39. The maximum absolute atomic E-state index is 10.3. The maximum atomic E-state index is 10.3. The molecule has 0 aromatic carbocycles. The van der Waals surface area contributed by atoms with Crippen LogP contribution in [0.25, 0.3) is 0 Å². The van der Waals surface area contributed by atoms with Crippen LogP contribution in [0.5, 0.6) is 0 Å². The molecule has 0 radical (unpaired) electrons. The second-order valence-electron chi connectivity index (χ2n) is 2.05. The van der Waals surface area contributed by atoms with E-state index in [4.69, 9.17) is 5.73 Å². The molecule has 1 rings (SSSR count). The molecular weight excluding hydrogens is 158 g/mol. The highest BCUT2D eigenvalue weighted by molar-refractivity contribution is 7.10. The van der Waals surface area contributed by atoms with Crippen molar-refractivity contribution in [2.45, 2.75) is 6.92 Å². The van der Waals surface area contributed by atoms with Crippen LogP contribution in [0.4, 0.5) is 0 Å². The lowest BCUT2D eigenvalue weighted by atomic mass is 10.3. The molecule has 0 aliphatic carbocycles. The molecule has 0 aliphatic rings. The molecule has 1 heterocycles. The third-order valence-electron chi connectivity index (χ3n) is 1.16. The Kier molecular flexibility index (Phi) is 2.29. The zero-order chi connectivity index (χ0) is 8.27. The van der Waals surface area contributed by atoms with Gasteiger partial charge in [0.15, 0.2) is 0 Å². The van der Waals surface area contributed by atoms with Gasteiger partial charge < -0.3 is 5.73 Å². The van der Waals surface area contributed by atoms with Crippen LogP contribution < -0.4 is 5.73 Å². The van der Waals surface area contributed by atoms with Crippen molar-refractivity contribution in [1.82, 2.24) is 0 Å². The van der Waals surface area contributed by atoms with E-state index in [9.17, 15) is 4.79 Å². The molecule has 1 amide bonds. The zero-order valence-electron chi connectivity index (χ0n) is 6.05. The molecule has 0 aliphatic heterocycles. The van der Waals surface area contributed by atoms with Crippen molar-refractivity contribution in [3.63, 3.8) is 0 Å². The summed E-state index contributed by atoms with van der Waals surface area (Å²) >= 11 is 1.51. The summed E-state index contributed by atoms with van der Waals surface area (Å²) in [6, 6.07) is 1.95. The number of carbonyl (C=O) groups excluding carboxylic acids is 1. The van der Waals surface area contributed by atoms with Gasteiger partial charge in [-0.15, -0.1) is 11.3 Å². The maximum Gasteiger partial charge on any atom is 0.293 e. The van der Waals surface area contributed by atoms with E-state index in [1.165, 1.54) is 11.3 Å². The fraction of sp³-hybridized carbons (Fsp3) is 0.125. The SMILES string of the molecule is Cc1ccsc1C#CC(N)=O. The molecule has 0 unspecified atom stereocenters. The first kappa shape index (κ1) is 7.83. The summed E-state index contributed by atoms with van der Waals surface area (Å²) in [7, 11) is 0. The molecule has 0 fully saturated rings. The summed E-state index contributed by atoms with van der Waals surface area (Å²) in [6.07, 6.45) is 0. The highest BCUT2D eigenvalue weighted by Gasteiger charge is 1.93. The van der Waals surface area contributed by atoms with Crippen LogP contribution in [0, 0.1) is 18.8 Å². The standard InChI is InChI=1S/C8H7NOS/c1-6-4-5-11-7(6)2-3-8(9)10/h4-5H,1H3,(H2,9,10). The van der Waals surface area contributed by atoms with Crippen LogP contribution in [-0.4, -0.2) is 5.91 Å². The van der Waals surface area contributed by atoms with Crippen LogP contribution in [0.1, 0.15) is 10.4 Å². The van der Waals surface area contributed by atoms with Gasteiger partial charge in [0.05, 0.1) is 4.88 Å². The molecule has 0 spiro atoms. The first-order valence-corrected chi connectivity index (χ1v) is 3.93. The van der Waals surface area contributed by atoms with Crippen molar-refractivity contribution in [2.24, 2.45) is 5.73 Å². The van der Waals surface area contributed by atoms with E-state index in [-0.39, 0.29) is 0 Å². The van der Waals surface area contributed by atoms with Crippen LogP contribution in [0.3, 0.4) is 0 Å². The normalized spacial score (nSPS) is 8.45. The largest absolute Gasteiger partial charge is 0.359 e. The number of primary amides is 1. The first-order valence-electron chi connectivity index (χ1n) is 3.05. The van der Waals surface area contributed by atoms with Crippen molar-refractivity contribution in [3.8, 4) is 11.8 Å². The van der Waals surface area contributed by atoms with Gasteiger partial charge in [0.25, 0.3) is 5.91 Å². The predicted octanol–water partition coefficient (Wildman–Crippen LogP) is 0.893. The van der Waals surface area contributed by atoms with E-state index in [1.54, 1.807) is 0 Å². The highest BCUT2D eigenvalue weighted by Crippen LogP contribution is 2.12. The van der Waals surface area contributed by atoms with Crippen molar-refractivity contribution in [3.05, 3.63) is 21.9 Å². The molecule has 0 saturated heterocycles. The number of thiophene rings is 1. The van der Waals surface area contributed by atoms with Crippen molar-refractivity contribution >= 4 is 17.2 Å². The Hall–Kier alpha value is -1.27. The molecular formula is C8H7NOS. The quantitative estimate of drug-likeness (QED) is 0.570. The summed E-state index contributed by atoms with van der Waals surface area (Å²) in [5.74, 6) is 4.39. The lowest BCUT2D eigenvalue weighted by Gasteiger charge is -1.81. The Labute approximate surface area is 69.0 Å². The molecule has 2 nitrogen and oxygen atoms in total. The van der Waals surface area contributed by atoms with Gasteiger partial charge in [-0.1, -0.05) is 0 Å². The van der Waals surface area contributed by atoms with E-state index >= 15 is 0 Å². The predicted molar refractivity (Wildman–Crippen MR) is 45.1 cm³/mol. The number of carbonyl (C=O) groups is 1. The highest BCUT2D eigenvalue weighted by atomic mass is 32.1. The molecule has 11 heavy (non-hydrogen) atoms. The monoisotopic (exact) mass is 165 g/mol. The van der Waals surface area contributed by atoms with Gasteiger partial charge in [0, 0.05) is 5.92 Å². The molecule has 56 valence electrons. The van der Waals surface area contributed by atoms with E-state index < -0.39 is 5.91 Å². The number of amides is 1. The third kappa shape index (κ3) is 2.10. The Morgan fingerprint density at radius 1 is 1.73 bits per heavy atom. The molecule has 3 heteroatoms. The molecule has 1 aromatic heterocycles. The van der Waals surface area contributed by atoms with Crippen molar-refractivity contribution in [2.75, 3.05) is 0 Å². The molecule has 0 saturated carbocycles. The van der Waals surface area contributed by atoms with Crippen LogP contribution in [-0.2, 0) is 4.79 Å². The fourth-order valence-electron chi connectivity index (χ4n) is 0.619. The van der Waals surface area contributed by atoms with Gasteiger partial charge in [-0.3, -0.25) is 4.79 Å². The Balaban J connectivity index is 2.90. The second kappa shape index (κ2) is 3.22. The minimum absolute atomic E-state index is 0.585. The number of hydrogen-bond acceptors (Lipinski definition) is 2. The first-order chi connectivity index (χ1) is 5.20. The summed E-state index contributed by atoms with van der Waals surface area (Å²) in [5, 5.41) is 1.93. The molecule has 0 atom stereocenters. The topological polar surface area (TPSA) is 43.1 Å². The van der Waals surface area contributed by atoms with Crippen molar-refractivity contribution < 1.29 is 4.79 Å². The summed E-state index contributed by atoms with van der Waals surface area (Å²) in [4.78, 5) is 11.2. The summed E-state index contributed by atoms with van der Waals surface area (Å²) in [5.41, 5.74) is 5.94. The van der Waals surface area contributed by atoms with Gasteiger partial charge in [0.2, 0.25) is 0 Å². The Bertz CT molecular complexity index is 329. The smallest absolute Gasteiger partial charge is 0.293 e. The minimum atomic E-state index is -0.585. The van der Waals surface area contributed by atoms with Crippen molar-refractivity contribution in [1.29, 1.82) is 0 Å². The lowest BCUT2D eigenvalue weighted by molar-refractivity contribution is -0.112. The van der Waals surface area contributed by atoms with Gasteiger partial charge in [-0.25, -0.2) is 0 Å². The number of hydrogen-bond donors (Lipinski definition) is 1. The van der Waals surface area contributed by atoms with Gasteiger partial charge in [-0.2, -0.15) is 0 Å². The zero-order valence-corrected chi connectivity index (χ0v) is 6.87. The molecule has 1 aromatic rings. The van der Waals surface area contributed by atoms with E-state index in [0.29, 0.717) is 0 Å². The average Bonchev–Trinajstić information content (AvgIpc) is 2.31. The summed E-state index contributed by atoms with van der Waals surface area (Å²) < 4.78 is 0. The van der Waals surface area contributed by atoms with Gasteiger partial charge in [-0.05, 0) is 29.9 Å². The van der Waals surface area contributed by atoms with E-state index in [2.05, 4.69) is 11.8 Å². The number of rotatable bonds is 0. The lowest BCUT2D eigenvalue weighted by Crippen LogP contribution is -2.06. The van der Waals surface area contributed by atoms with Gasteiger partial charge >= 0.3 is 0 Å². The average molecular weight is 165 g/mol. The molecule has 2 N–H and O–H groups in total. The number of aryl methyl sites for hydroxylation is 1. The Morgan fingerprint density at radius 3 is 2.91 bits per heavy atom. The summed E-state index contributed by atoms with van der Waals surface area (Å²) in [6.45, 7) is 1.95. The second-order valence-corrected chi connectivity index (χ2v) is 2.96. The van der Waals surface area contributed by atoms with E-state index in [1.807, 2.05) is 18.4 Å². The molecule has 0 bridgehead atoms. The number of nitrogens with two attached hydrogens (primary N) is 1.